The highest BCUT2D eigenvalue weighted by Gasteiger charge is 2.42. The summed E-state index contributed by atoms with van der Waals surface area (Å²) in [5.74, 6) is -1.74. The fourth-order valence-corrected chi connectivity index (χ4v) is 1.82. The Balaban J connectivity index is 2.43. The van der Waals surface area contributed by atoms with Crippen LogP contribution >= 0.6 is 0 Å². The number of hydrogen-bond acceptors (Lipinski definition) is 4. The van der Waals surface area contributed by atoms with Crippen LogP contribution in [0.2, 0.25) is 0 Å². The maximum atomic E-state index is 12.6. The molecule has 0 aliphatic carbocycles. The molecule has 0 amide bonds. The zero-order valence-electron chi connectivity index (χ0n) is 11.9. The van der Waals surface area contributed by atoms with Gasteiger partial charge in [-0.05, 0) is 37.3 Å². The molecule has 0 radical (unpaired) electrons. The summed E-state index contributed by atoms with van der Waals surface area (Å²) in [4.78, 5) is 11.4. The van der Waals surface area contributed by atoms with E-state index in [1.165, 1.54) is 7.11 Å². The molecule has 0 saturated carbocycles. The third kappa shape index (κ3) is 3.24. The fourth-order valence-electron chi connectivity index (χ4n) is 1.82. The number of benzene rings is 1. The average molecular weight is 314 g/mol. The van der Waals surface area contributed by atoms with E-state index in [0.717, 1.165) is 6.07 Å². The Kier molecular flexibility index (Phi) is 4.44. The van der Waals surface area contributed by atoms with Crippen molar-refractivity contribution in [2.75, 3.05) is 13.7 Å². The molecule has 0 saturated heterocycles. The third-order valence-corrected chi connectivity index (χ3v) is 2.85. The van der Waals surface area contributed by atoms with Gasteiger partial charge < -0.3 is 13.9 Å². The van der Waals surface area contributed by atoms with Gasteiger partial charge in [-0.3, -0.25) is 4.79 Å². The minimum Gasteiger partial charge on any atom is -0.497 e. The smallest absolute Gasteiger partial charge is 0.455 e. The summed E-state index contributed by atoms with van der Waals surface area (Å²) in [6, 6.07) is 7.50. The second kappa shape index (κ2) is 6.13. The van der Waals surface area contributed by atoms with Gasteiger partial charge in [0.25, 0.3) is 11.7 Å². The molecular formula is C15H13F3O4. The van der Waals surface area contributed by atoms with Gasteiger partial charge in [-0.15, -0.1) is 0 Å². The van der Waals surface area contributed by atoms with Crippen LogP contribution in [0.1, 0.15) is 17.3 Å². The summed E-state index contributed by atoms with van der Waals surface area (Å²) in [5.41, 5.74) is -0.136. The first-order valence-electron chi connectivity index (χ1n) is 6.39. The molecule has 2 rings (SSSR count). The number of furan rings is 1. The van der Waals surface area contributed by atoms with Gasteiger partial charge in [0.05, 0.1) is 13.7 Å². The van der Waals surface area contributed by atoms with Crippen LogP contribution in [0.5, 0.6) is 11.7 Å². The summed E-state index contributed by atoms with van der Waals surface area (Å²) in [7, 11) is 1.50. The molecule has 0 aliphatic rings. The summed E-state index contributed by atoms with van der Waals surface area (Å²) in [5, 5.41) is 0. The maximum Gasteiger partial charge on any atom is 0.455 e. The number of carbonyl (C=O) groups excluding carboxylic acids is 1. The molecule has 2 aromatic rings. The average Bonchev–Trinajstić information content (AvgIpc) is 2.90. The van der Waals surface area contributed by atoms with Gasteiger partial charge in [-0.1, -0.05) is 0 Å². The lowest BCUT2D eigenvalue weighted by atomic mass is 10.1. The number of hydrogen-bond donors (Lipinski definition) is 0. The van der Waals surface area contributed by atoms with Crippen molar-refractivity contribution in [3.05, 3.63) is 35.9 Å². The van der Waals surface area contributed by atoms with Crippen LogP contribution in [0.4, 0.5) is 13.2 Å². The Bertz CT molecular complexity index is 656. The Labute approximate surface area is 124 Å². The molecule has 0 fully saturated rings. The Hall–Kier alpha value is -2.44. The van der Waals surface area contributed by atoms with Crippen LogP contribution in [0, 0.1) is 0 Å². The first kappa shape index (κ1) is 15.9. The largest absolute Gasteiger partial charge is 0.497 e. The van der Waals surface area contributed by atoms with Gasteiger partial charge in [0.1, 0.15) is 17.1 Å². The van der Waals surface area contributed by atoms with E-state index in [1.54, 1.807) is 31.2 Å². The van der Waals surface area contributed by atoms with E-state index in [1.807, 2.05) is 0 Å². The number of methoxy groups -OCH3 is 1. The van der Waals surface area contributed by atoms with Crippen LogP contribution in [0.15, 0.2) is 34.7 Å². The normalized spacial score (nSPS) is 11.3. The minimum absolute atomic E-state index is 0.0771. The van der Waals surface area contributed by atoms with Crippen molar-refractivity contribution in [3.8, 4) is 23.0 Å². The lowest BCUT2D eigenvalue weighted by molar-refractivity contribution is -0.0887. The first-order chi connectivity index (χ1) is 10.4. The summed E-state index contributed by atoms with van der Waals surface area (Å²) in [6.07, 6.45) is -4.99. The van der Waals surface area contributed by atoms with Crippen LogP contribution in [0.25, 0.3) is 11.3 Å². The van der Waals surface area contributed by atoms with E-state index < -0.39 is 23.5 Å². The second-order valence-corrected chi connectivity index (χ2v) is 4.30. The molecule has 0 unspecified atom stereocenters. The third-order valence-electron chi connectivity index (χ3n) is 2.85. The lowest BCUT2D eigenvalue weighted by Gasteiger charge is -2.04. The monoisotopic (exact) mass is 314 g/mol. The molecule has 0 atom stereocenters. The van der Waals surface area contributed by atoms with E-state index in [2.05, 4.69) is 0 Å². The molecule has 0 bridgehead atoms. The van der Waals surface area contributed by atoms with Gasteiger partial charge in [0.15, 0.2) is 0 Å². The highest BCUT2D eigenvalue weighted by molar-refractivity contribution is 6.02. The molecule has 7 heteroatoms. The molecule has 1 heterocycles. The van der Waals surface area contributed by atoms with Crippen molar-refractivity contribution in [2.45, 2.75) is 13.1 Å². The molecule has 4 nitrogen and oxygen atoms in total. The standard InChI is InChI=1S/C15H13F3O4/c1-3-21-14-11(13(19)15(16,17)18)8-12(22-14)9-4-6-10(20-2)7-5-9/h4-8H,3H2,1-2H3. The SMILES string of the molecule is CCOc1oc(-c2ccc(OC)cc2)cc1C(=O)C(F)(F)F. The van der Waals surface area contributed by atoms with Gasteiger partial charge in [-0.2, -0.15) is 13.2 Å². The van der Waals surface area contributed by atoms with Crippen molar-refractivity contribution >= 4 is 5.78 Å². The van der Waals surface area contributed by atoms with E-state index in [-0.39, 0.29) is 12.4 Å². The number of alkyl halides is 3. The van der Waals surface area contributed by atoms with Crippen LogP contribution in [0.3, 0.4) is 0 Å². The van der Waals surface area contributed by atoms with Crippen molar-refractivity contribution < 1.29 is 31.9 Å². The van der Waals surface area contributed by atoms with Crippen LogP contribution in [-0.4, -0.2) is 25.7 Å². The highest BCUT2D eigenvalue weighted by atomic mass is 19.4. The Morgan fingerprint density at radius 3 is 2.36 bits per heavy atom. The second-order valence-electron chi connectivity index (χ2n) is 4.30. The van der Waals surface area contributed by atoms with Gasteiger partial charge >= 0.3 is 6.18 Å². The van der Waals surface area contributed by atoms with E-state index in [9.17, 15) is 18.0 Å². The molecule has 1 aromatic carbocycles. The van der Waals surface area contributed by atoms with Crippen molar-refractivity contribution in [2.24, 2.45) is 0 Å². The summed E-state index contributed by atoms with van der Waals surface area (Å²) in [6.45, 7) is 1.66. The van der Waals surface area contributed by atoms with E-state index >= 15 is 0 Å². The molecule has 118 valence electrons. The minimum atomic E-state index is -4.99. The zero-order valence-corrected chi connectivity index (χ0v) is 11.9. The summed E-state index contributed by atoms with van der Waals surface area (Å²) < 4.78 is 53.0. The number of carbonyl (C=O) groups is 1. The number of Topliss-reactive ketones (excluding diaryl/α,β-unsaturated/α-hetero) is 1. The number of ether oxygens (including phenoxy) is 2. The number of halogens is 3. The fraction of sp³-hybridized carbons (Fsp3) is 0.267. The van der Waals surface area contributed by atoms with Crippen molar-refractivity contribution in [1.82, 2.24) is 0 Å². The van der Waals surface area contributed by atoms with E-state index in [4.69, 9.17) is 13.9 Å². The Morgan fingerprint density at radius 2 is 1.86 bits per heavy atom. The number of ketones is 1. The molecule has 22 heavy (non-hydrogen) atoms. The molecule has 0 aliphatic heterocycles. The maximum absolute atomic E-state index is 12.6. The predicted molar refractivity (Wildman–Crippen MR) is 72.3 cm³/mol. The van der Waals surface area contributed by atoms with Crippen LogP contribution < -0.4 is 9.47 Å². The van der Waals surface area contributed by atoms with Gasteiger partial charge in [0.2, 0.25) is 0 Å². The lowest BCUT2D eigenvalue weighted by Crippen LogP contribution is -2.22. The van der Waals surface area contributed by atoms with E-state index in [0.29, 0.717) is 11.3 Å². The summed E-state index contributed by atoms with van der Waals surface area (Å²) >= 11 is 0. The molecular weight excluding hydrogens is 301 g/mol. The van der Waals surface area contributed by atoms with Gasteiger partial charge in [-0.25, -0.2) is 0 Å². The van der Waals surface area contributed by atoms with Gasteiger partial charge in [0, 0.05) is 5.56 Å². The van der Waals surface area contributed by atoms with Crippen molar-refractivity contribution in [1.29, 1.82) is 0 Å². The predicted octanol–water partition coefficient (Wildman–Crippen LogP) is 4.10. The zero-order chi connectivity index (χ0) is 16.3. The topological polar surface area (TPSA) is 48.7 Å². The van der Waals surface area contributed by atoms with Crippen molar-refractivity contribution in [3.63, 3.8) is 0 Å². The van der Waals surface area contributed by atoms with Crippen LogP contribution in [-0.2, 0) is 0 Å². The first-order valence-corrected chi connectivity index (χ1v) is 6.39. The number of rotatable bonds is 5. The Morgan fingerprint density at radius 1 is 1.23 bits per heavy atom. The highest BCUT2D eigenvalue weighted by Crippen LogP contribution is 2.35. The quantitative estimate of drug-likeness (QED) is 0.780. The molecule has 0 spiro atoms. The molecule has 1 aromatic heterocycles. The molecule has 0 N–H and O–H groups in total.